The molecule has 2 aromatic carbocycles. The molecular formula is C19H21ClN6OS. The summed E-state index contributed by atoms with van der Waals surface area (Å²) in [5.41, 5.74) is 1.66. The summed E-state index contributed by atoms with van der Waals surface area (Å²) in [7, 11) is 0. The van der Waals surface area contributed by atoms with Crippen LogP contribution in [0.15, 0.2) is 59.5 Å². The van der Waals surface area contributed by atoms with E-state index in [1.807, 2.05) is 59.5 Å². The number of piperazine rings is 1. The maximum atomic E-state index is 12.9. The second-order valence-corrected chi connectivity index (χ2v) is 7.19. The molecular weight excluding hydrogens is 396 g/mol. The number of amides is 1. The lowest BCUT2D eigenvalue weighted by molar-refractivity contribution is 0.0732. The first-order valence-electron chi connectivity index (χ1n) is 8.87. The van der Waals surface area contributed by atoms with E-state index in [2.05, 4.69) is 20.8 Å². The molecule has 1 aliphatic rings. The van der Waals surface area contributed by atoms with E-state index in [1.165, 1.54) is 0 Å². The first-order chi connectivity index (χ1) is 13.3. The summed E-state index contributed by atoms with van der Waals surface area (Å²) in [6.45, 7) is 3.16. The molecule has 0 unspecified atom stereocenters. The van der Waals surface area contributed by atoms with Crippen molar-refractivity contribution in [3.63, 3.8) is 0 Å². The van der Waals surface area contributed by atoms with Crippen molar-refractivity contribution in [2.75, 3.05) is 26.2 Å². The van der Waals surface area contributed by atoms with Gasteiger partial charge in [-0.25, -0.2) is 0 Å². The summed E-state index contributed by atoms with van der Waals surface area (Å²) >= 11 is 1.58. The van der Waals surface area contributed by atoms with E-state index in [9.17, 15) is 4.79 Å². The summed E-state index contributed by atoms with van der Waals surface area (Å²) in [6, 6.07) is 17.5. The predicted octanol–water partition coefficient (Wildman–Crippen LogP) is 2.42. The highest BCUT2D eigenvalue weighted by Gasteiger charge is 2.21. The van der Waals surface area contributed by atoms with Gasteiger partial charge in [0.1, 0.15) is 0 Å². The van der Waals surface area contributed by atoms with E-state index < -0.39 is 0 Å². The SMILES string of the molecule is Cl.O=C(c1ccccc1SCc1nnnn1-c1ccccc1)N1CCNCC1. The van der Waals surface area contributed by atoms with E-state index in [4.69, 9.17) is 0 Å². The highest BCUT2D eigenvalue weighted by Crippen LogP contribution is 2.27. The van der Waals surface area contributed by atoms with Crippen LogP contribution in [0.1, 0.15) is 16.2 Å². The minimum atomic E-state index is 0. The van der Waals surface area contributed by atoms with Crippen molar-refractivity contribution in [2.45, 2.75) is 10.6 Å². The van der Waals surface area contributed by atoms with Crippen LogP contribution in [-0.4, -0.2) is 57.2 Å². The van der Waals surface area contributed by atoms with Gasteiger partial charge in [0.05, 0.1) is 17.0 Å². The number of para-hydroxylation sites is 1. The van der Waals surface area contributed by atoms with Crippen molar-refractivity contribution in [1.29, 1.82) is 0 Å². The summed E-state index contributed by atoms with van der Waals surface area (Å²) in [5.74, 6) is 1.41. The van der Waals surface area contributed by atoms with Crippen LogP contribution in [0.3, 0.4) is 0 Å². The Bertz CT molecular complexity index is 914. The molecule has 0 bridgehead atoms. The Morgan fingerprint density at radius 2 is 1.75 bits per heavy atom. The van der Waals surface area contributed by atoms with Crippen LogP contribution in [0.4, 0.5) is 0 Å². The predicted molar refractivity (Wildman–Crippen MR) is 111 cm³/mol. The third kappa shape index (κ3) is 4.52. The van der Waals surface area contributed by atoms with Gasteiger partial charge in [0.25, 0.3) is 5.91 Å². The van der Waals surface area contributed by atoms with Gasteiger partial charge in [0.2, 0.25) is 0 Å². The van der Waals surface area contributed by atoms with Gasteiger partial charge in [-0.2, -0.15) is 4.68 Å². The number of halogens is 1. The standard InChI is InChI=1S/C19H20N6OS.ClH/c26-19(24-12-10-20-11-13-24)16-8-4-5-9-17(16)27-14-18-21-22-23-25(18)15-6-2-1-3-7-15;/h1-9,20H,10-14H2;1H. The van der Waals surface area contributed by atoms with Crippen molar-refractivity contribution in [3.05, 3.63) is 66.0 Å². The molecule has 0 atom stereocenters. The van der Waals surface area contributed by atoms with E-state index in [1.54, 1.807) is 16.4 Å². The van der Waals surface area contributed by atoms with Gasteiger partial charge >= 0.3 is 0 Å². The smallest absolute Gasteiger partial charge is 0.255 e. The number of rotatable bonds is 5. The molecule has 9 heteroatoms. The van der Waals surface area contributed by atoms with Crippen LogP contribution in [0.2, 0.25) is 0 Å². The Labute approximate surface area is 173 Å². The summed E-state index contributed by atoms with van der Waals surface area (Å²) in [5, 5.41) is 15.3. The van der Waals surface area contributed by atoms with Gasteiger partial charge in [0.15, 0.2) is 5.82 Å². The van der Waals surface area contributed by atoms with Crippen molar-refractivity contribution in [2.24, 2.45) is 0 Å². The highest BCUT2D eigenvalue weighted by molar-refractivity contribution is 7.98. The number of benzene rings is 2. The molecule has 28 heavy (non-hydrogen) atoms. The Kier molecular flexibility index (Phi) is 7.02. The van der Waals surface area contributed by atoms with Crippen molar-refractivity contribution in [1.82, 2.24) is 30.4 Å². The lowest BCUT2D eigenvalue weighted by atomic mass is 10.2. The third-order valence-corrected chi connectivity index (χ3v) is 5.48. The molecule has 7 nitrogen and oxygen atoms in total. The number of carbonyl (C=O) groups excluding carboxylic acids is 1. The number of hydrogen-bond acceptors (Lipinski definition) is 6. The van der Waals surface area contributed by atoms with E-state index in [0.717, 1.165) is 48.1 Å². The second-order valence-electron chi connectivity index (χ2n) is 6.17. The number of aromatic nitrogens is 4. The van der Waals surface area contributed by atoms with Gasteiger partial charge in [-0.3, -0.25) is 4.79 Å². The number of thioether (sulfide) groups is 1. The molecule has 1 saturated heterocycles. The first-order valence-corrected chi connectivity index (χ1v) is 9.86. The Morgan fingerprint density at radius 3 is 2.54 bits per heavy atom. The first kappa shape index (κ1) is 20.3. The molecule has 1 amide bonds. The third-order valence-electron chi connectivity index (χ3n) is 4.41. The zero-order chi connectivity index (χ0) is 18.5. The Morgan fingerprint density at radius 1 is 1.04 bits per heavy atom. The second kappa shape index (κ2) is 9.68. The van der Waals surface area contributed by atoms with Gasteiger partial charge in [-0.1, -0.05) is 30.3 Å². The fraction of sp³-hybridized carbons (Fsp3) is 0.263. The molecule has 4 rings (SSSR count). The van der Waals surface area contributed by atoms with E-state index in [-0.39, 0.29) is 18.3 Å². The molecule has 146 valence electrons. The van der Waals surface area contributed by atoms with Crippen LogP contribution in [0, 0.1) is 0 Å². The summed E-state index contributed by atoms with van der Waals surface area (Å²) in [4.78, 5) is 15.8. The molecule has 1 N–H and O–H groups in total. The largest absolute Gasteiger partial charge is 0.336 e. The molecule has 0 radical (unpaired) electrons. The number of tetrazole rings is 1. The number of nitrogens with one attached hydrogen (secondary N) is 1. The number of hydrogen-bond donors (Lipinski definition) is 1. The fourth-order valence-corrected chi connectivity index (χ4v) is 3.97. The highest BCUT2D eigenvalue weighted by atomic mass is 35.5. The van der Waals surface area contributed by atoms with Crippen molar-refractivity contribution >= 4 is 30.1 Å². The minimum absolute atomic E-state index is 0. The molecule has 1 fully saturated rings. The lowest BCUT2D eigenvalue weighted by Crippen LogP contribution is -2.46. The molecule has 1 aliphatic heterocycles. The monoisotopic (exact) mass is 416 g/mol. The topological polar surface area (TPSA) is 75.9 Å². The van der Waals surface area contributed by atoms with Crippen LogP contribution in [0.25, 0.3) is 5.69 Å². The average Bonchev–Trinajstić information content (AvgIpc) is 3.22. The van der Waals surface area contributed by atoms with Crippen LogP contribution in [0.5, 0.6) is 0 Å². The molecule has 0 aliphatic carbocycles. The zero-order valence-corrected chi connectivity index (χ0v) is 16.8. The van der Waals surface area contributed by atoms with Crippen molar-refractivity contribution < 1.29 is 4.79 Å². The maximum absolute atomic E-state index is 12.9. The van der Waals surface area contributed by atoms with Gasteiger partial charge in [-0.05, 0) is 34.7 Å². The Balaban J connectivity index is 0.00000225. The van der Waals surface area contributed by atoms with Crippen LogP contribution < -0.4 is 5.32 Å². The summed E-state index contributed by atoms with van der Waals surface area (Å²) < 4.78 is 1.73. The molecule has 1 aromatic heterocycles. The molecule has 0 spiro atoms. The molecule has 3 aromatic rings. The van der Waals surface area contributed by atoms with Gasteiger partial charge in [-0.15, -0.1) is 29.3 Å². The zero-order valence-electron chi connectivity index (χ0n) is 15.2. The van der Waals surface area contributed by atoms with Gasteiger partial charge < -0.3 is 10.2 Å². The lowest BCUT2D eigenvalue weighted by Gasteiger charge is -2.28. The van der Waals surface area contributed by atoms with E-state index in [0.29, 0.717) is 5.75 Å². The quantitative estimate of drug-likeness (QED) is 0.644. The van der Waals surface area contributed by atoms with E-state index >= 15 is 0 Å². The van der Waals surface area contributed by atoms with Crippen LogP contribution in [-0.2, 0) is 5.75 Å². The normalized spacial score (nSPS) is 13.8. The summed E-state index contributed by atoms with van der Waals surface area (Å²) in [6.07, 6.45) is 0. The van der Waals surface area contributed by atoms with Crippen LogP contribution >= 0.6 is 24.2 Å². The Hall–Kier alpha value is -2.42. The minimum Gasteiger partial charge on any atom is -0.336 e. The number of carbonyl (C=O) groups is 1. The van der Waals surface area contributed by atoms with Crippen molar-refractivity contribution in [3.8, 4) is 5.69 Å². The maximum Gasteiger partial charge on any atom is 0.255 e. The number of nitrogens with zero attached hydrogens (tertiary/aromatic N) is 5. The van der Waals surface area contributed by atoms with Gasteiger partial charge in [0, 0.05) is 31.1 Å². The molecule has 0 saturated carbocycles. The fourth-order valence-electron chi connectivity index (χ4n) is 3.02. The molecule has 2 heterocycles. The average molecular weight is 417 g/mol.